The lowest BCUT2D eigenvalue weighted by atomic mass is 10.2. The molecule has 1 N–H and O–H groups in total. The highest BCUT2D eigenvalue weighted by Crippen LogP contribution is 2.22. The van der Waals surface area contributed by atoms with Crippen LogP contribution in [0.15, 0.2) is 48.5 Å². The Bertz CT molecular complexity index is 777. The lowest BCUT2D eigenvalue weighted by Crippen LogP contribution is -2.15. The van der Waals surface area contributed by atoms with E-state index in [2.05, 4.69) is 4.72 Å². The number of sulfonamides is 1. The number of anilines is 1. The molecule has 110 valence electrons. The molecule has 0 aromatic heterocycles. The van der Waals surface area contributed by atoms with Crippen molar-refractivity contribution in [1.82, 2.24) is 0 Å². The fourth-order valence-electron chi connectivity index (χ4n) is 1.78. The van der Waals surface area contributed by atoms with E-state index in [1.807, 2.05) is 0 Å². The number of benzene rings is 2. The van der Waals surface area contributed by atoms with Crippen LogP contribution in [0.2, 0.25) is 5.02 Å². The molecule has 2 aromatic carbocycles. The molecule has 0 aliphatic heterocycles. The van der Waals surface area contributed by atoms with Crippen LogP contribution >= 0.6 is 11.6 Å². The minimum Gasteiger partial charge on any atom is -0.283 e. The molecule has 0 aliphatic rings. The van der Waals surface area contributed by atoms with Crippen molar-refractivity contribution in [1.29, 1.82) is 0 Å². The lowest BCUT2D eigenvalue weighted by molar-refractivity contribution is -0.385. The molecule has 21 heavy (non-hydrogen) atoms. The molecule has 0 amide bonds. The summed E-state index contributed by atoms with van der Waals surface area (Å²) in [7, 11) is -3.77. The van der Waals surface area contributed by atoms with Gasteiger partial charge in [-0.15, -0.1) is 0 Å². The van der Waals surface area contributed by atoms with Gasteiger partial charge in [-0.3, -0.25) is 14.8 Å². The molecular weight excluding hydrogens is 316 g/mol. The van der Waals surface area contributed by atoms with E-state index < -0.39 is 20.7 Å². The first-order chi connectivity index (χ1) is 9.87. The molecule has 2 aromatic rings. The van der Waals surface area contributed by atoms with E-state index in [4.69, 9.17) is 11.6 Å². The van der Waals surface area contributed by atoms with Crippen LogP contribution < -0.4 is 4.72 Å². The number of hydrogen-bond donors (Lipinski definition) is 1. The standard InChI is InChI=1S/C13H11ClN2O4S/c14-11-5-3-6-12(8-11)15-21(19,20)9-10-4-1-2-7-13(10)16(17)18/h1-8,15H,9H2. The molecule has 0 aliphatic carbocycles. The summed E-state index contributed by atoms with van der Waals surface area (Å²) in [6.45, 7) is 0. The highest BCUT2D eigenvalue weighted by Gasteiger charge is 2.19. The molecule has 0 atom stereocenters. The van der Waals surface area contributed by atoms with Gasteiger partial charge < -0.3 is 0 Å². The van der Waals surface area contributed by atoms with E-state index in [1.165, 1.54) is 24.3 Å². The Morgan fingerprint density at radius 1 is 1.14 bits per heavy atom. The molecule has 0 saturated carbocycles. The van der Waals surface area contributed by atoms with Crippen LogP contribution in [0.4, 0.5) is 11.4 Å². The van der Waals surface area contributed by atoms with Crippen LogP contribution in [0.1, 0.15) is 5.56 Å². The SMILES string of the molecule is O=[N+]([O-])c1ccccc1CS(=O)(=O)Nc1cccc(Cl)c1. The number of rotatable bonds is 5. The molecule has 6 nitrogen and oxygen atoms in total. The summed E-state index contributed by atoms with van der Waals surface area (Å²) in [4.78, 5) is 10.3. The topological polar surface area (TPSA) is 89.3 Å². The number of nitro groups is 1. The molecular formula is C13H11ClN2O4S. The zero-order valence-corrected chi connectivity index (χ0v) is 12.3. The van der Waals surface area contributed by atoms with Crippen molar-refractivity contribution in [3.05, 3.63) is 69.2 Å². The Morgan fingerprint density at radius 2 is 1.86 bits per heavy atom. The summed E-state index contributed by atoms with van der Waals surface area (Å²) >= 11 is 5.78. The van der Waals surface area contributed by atoms with Crippen molar-refractivity contribution in [2.75, 3.05) is 4.72 Å². The second kappa shape index (κ2) is 6.11. The number of para-hydroxylation sites is 1. The summed E-state index contributed by atoms with van der Waals surface area (Å²) in [6.07, 6.45) is 0. The van der Waals surface area contributed by atoms with Gasteiger partial charge in [-0.2, -0.15) is 0 Å². The van der Waals surface area contributed by atoms with Crippen LogP contribution in [-0.2, 0) is 15.8 Å². The second-order valence-electron chi connectivity index (χ2n) is 4.26. The third-order valence-corrected chi connectivity index (χ3v) is 4.10. The molecule has 0 fully saturated rings. The normalized spacial score (nSPS) is 11.1. The average molecular weight is 327 g/mol. The lowest BCUT2D eigenvalue weighted by Gasteiger charge is -2.08. The third-order valence-electron chi connectivity index (χ3n) is 2.63. The van der Waals surface area contributed by atoms with E-state index in [9.17, 15) is 18.5 Å². The minimum atomic E-state index is -3.77. The molecule has 0 heterocycles. The molecule has 0 spiro atoms. The number of nitrogens with zero attached hydrogens (tertiary/aromatic N) is 1. The van der Waals surface area contributed by atoms with Gasteiger partial charge in [0.15, 0.2) is 0 Å². The van der Waals surface area contributed by atoms with Gasteiger partial charge in [0.2, 0.25) is 10.0 Å². The third kappa shape index (κ3) is 4.17. The second-order valence-corrected chi connectivity index (χ2v) is 6.42. The van der Waals surface area contributed by atoms with E-state index in [0.717, 1.165) is 0 Å². The predicted octanol–water partition coefficient (Wildman–Crippen LogP) is 3.19. The fraction of sp³-hybridized carbons (Fsp3) is 0.0769. The van der Waals surface area contributed by atoms with Crippen LogP contribution in [0.25, 0.3) is 0 Å². The minimum absolute atomic E-state index is 0.122. The Morgan fingerprint density at radius 3 is 2.52 bits per heavy atom. The van der Waals surface area contributed by atoms with E-state index in [0.29, 0.717) is 10.7 Å². The first kappa shape index (κ1) is 15.3. The predicted molar refractivity (Wildman–Crippen MR) is 80.8 cm³/mol. The average Bonchev–Trinajstić information content (AvgIpc) is 2.37. The van der Waals surface area contributed by atoms with Crippen molar-refractivity contribution in [2.24, 2.45) is 0 Å². The van der Waals surface area contributed by atoms with Gasteiger partial charge in [0.05, 0.1) is 4.92 Å². The summed E-state index contributed by atoms with van der Waals surface area (Å²) in [5.41, 5.74) is 0.201. The Kier molecular flexibility index (Phi) is 4.44. The highest BCUT2D eigenvalue weighted by atomic mass is 35.5. The number of nitro benzene ring substituents is 1. The Labute approximate surface area is 126 Å². The van der Waals surface area contributed by atoms with Crippen molar-refractivity contribution in [3.8, 4) is 0 Å². The zero-order valence-electron chi connectivity index (χ0n) is 10.7. The van der Waals surface area contributed by atoms with Crippen molar-refractivity contribution in [2.45, 2.75) is 5.75 Å². The zero-order chi connectivity index (χ0) is 15.5. The first-order valence-corrected chi connectivity index (χ1v) is 7.89. The van der Waals surface area contributed by atoms with Gasteiger partial charge >= 0.3 is 0 Å². The van der Waals surface area contributed by atoms with Crippen molar-refractivity contribution in [3.63, 3.8) is 0 Å². The number of halogens is 1. The van der Waals surface area contributed by atoms with Gasteiger partial charge in [0, 0.05) is 22.3 Å². The molecule has 0 saturated heterocycles. The van der Waals surface area contributed by atoms with Crippen LogP contribution in [0.3, 0.4) is 0 Å². The maximum absolute atomic E-state index is 12.1. The quantitative estimate of drug-likeness (QED) is 0.675. The van der Waals surface area contributed by atoms with Gasteiger partial charge in [-0.05, 0) is 18.2 Å². The van der Waals surface area contributed by atoms with E-state index in [-0.39, 0.29) is 11.3 Å². The monoisotopic (exact) mass is 326 g/mol. The van der Waals surface area contributed by atoms with Gasteiger partial charge in [0.1, 0.15) is 5.75 Å². The van der Waals surface area contributed by atoms with E-state index in [1.54, 1.807) is 24.3 Å². The highest BCUT2D eigenvalue weighted by molar-refractivity contribution is 7.91. The largest absolute Gasteiger partial charge is 0.283 e. The van der Waals surface area contributed by atoms with Crippen LogP contribution in [-0.4, -0.2) is 13.3 Å². The van der Waals surface area contributed by atoms with Gasteiger partial charge in [-0.1, -0.05) is 35.9 Å². The van der Waals surface area contributed by atoms with Gasteiger partial charge in [-0.25, -0.2) is 8.42 Å². The van der Waals surface area contributed by atoms with Crippen LogP contribution in [0.5, 0.6) is 0 Å². The Hall–Kier alpha value is -2.12. The summed E-state index contributed by atoms with van der Waals surface area (Å²) in [5, 5.41) is 11.3. The van der Waals surface area contributed by atoms with Gasteiger partial charge in [0.25, 0.3) is 5.69 Å². The van der Waals surface area contributed by atoms with Crippen LogP contribution in [0, 0.1) is 10.1 Å². The van der Waals surface area contributed by atoms with E-state index >= 15 is 0 Å². The molecule has 0 radical (unpaired) electrons. The fourth-order valence-corrected chi connectivity index (χ4v) is 3.19. The number of hydrogen-bond acceptors (Lipinski definition) is 4. The smallest absolute Gasteiger partial charge is 0.273 e. The molecule has 0 bridgehead atoms. The Balaban J connectivity index is 2.24. The number of nitrogens with one attached hydrogen (secondary N) is 1. The van der Waals surface area contributed by atoms with Crippen molar-refractivity contribution >= 4 is 33.0 Å². The summed E-state index contributed by atoms with van der Waals surface area (Å²) in [5.74, 6) is -0.489. The summed E-state index contributed by atoms with van der Waals surface area (Å²) < 4.78 is 26.5. The molecule has 0 unspecified atom stereocenters. The molecule has 2 rings (SSSR count). The summed E-state index contributed by atoms with van der Waals surface area (Å²) in [6, 6.07) is 11.9. The first-order valence-electron chi connectivity index (χ1n) is 5.86. The van der Waals surface area contributed by atoms with Crippen molar-refractivity contribution < 1.29 is 13.3 Å². The maximum atomic E-state index is 12.1. The maximum Gasteiger partial charge on any atom is 0.273 e. The molecule has 8 heteroatoms.